The third kappa shape index (κ3) is 5.55. The van der Waals surface area contributed by atoms with Crippen LogP contribution in [0.2, 0.25) is 5.02 Å². The lowest BCUT2D eigenvalue weighted by molar-refractivity contribution is -0.285. The number of cyclic esters (lactones) is 1. The van der Waals surface area contributed by atoms with Crippen molar-refractivity contribution in [2.75, 3.05) is 32.8 Å². The minimum Gasteiger partial charge on any atom is -0.435 e. The number of morpholine rings is 1. The number of benzene rings is 2. The molecule has 3 aliphatic rings. The average molecular weight is 541 g/mol. The molecular formula is C28H29ClN2O7. The fourth-order valence-electron chi connectivity index (χ4n) is 5.10. The molecule has 0 bridgehead atoms. The van der Waals surface area contributed by atoms with E-state index in [9.17, 15) is 14.4 Å². The molecule has 38 heavy (non-hydrogen) atoms. The van der Waals surface area contributed by atoms with Crippen LogP contribution in [0.3, 0.4) is 0 Å². The number of ether oxygens (including phenoxy) is 4. The summed E-state index contributed by atoms with van der Waals surface area (Å²) in [6.07, 6.45) is 1.28. The molecule has 2 atom stereocenters. The summed E-state index contributed by atoms with van der Waals surface area (Å²) >= 11 is 6.35. The third-order valence-electron chi connectivity index (χ3n) is 6.98. The maximum atomic E-state index is 13.6. The van der Waals surface area contributed by atoms with E-state index in [2.05, 4.69) is 4.90 Å². The molecule has 3 heterocycles. The van der Waals surface area contributed by atoms with E-state index >= 15 is 0 Å². The zero-order valence-electron chi connectivity index (χ0n) is 20.8. The zero-order valence-corrected chi connectivity index (χ0v) is 21.5. The van der Waals surface area contributed by atoms with Crippen LogP contribution in [0.1, 0.15) is 30.0 Å². The van der Waals surface area contributed by atoms with Crippen LogP contribution in [0, 0.1) is 0 Å². The largest absolute Gasteiger partial charge is 0.435 e. The van der Waals surface area contributed by atoms with E-state index in [1.807, 2.05) is 48.5 Å². The summed E-state index contributed by atoms with van der Waals surface area (Å²) in [5.41, 5.74) is 1.63. The van der Waals surface area contributed by atoms with E-state index < -0.39 is 36.1 Å². The minimum atomic E-state index is -2.08. The Morgan fingerprint density at radius 2 is 1.58 bits per heavy atom. The van der Waals surface area contributed by atoms with Crippen LogP contribution in [0.5, 0.6) is 0 Å². The molecule has 3 aliphatic heterocycles. The molecule has 0 N–H and O–H groups in total. The van der Waals surface area contributed by atoms with E-state index in [1.165, 1.54) is 4.90 Å². The summed E-state index contributed by atoms with van der Waals surface area (Å²) in [7, 11) is 0. The van der Waals surface area contributed by atoms with E-state index in [0.717, 1.165) is 36.4 Å². The highest BCUT2D eigenvalue weighted by Crippen LogP contribution is 2.44. The van der Waals surface area contributed by atoms with Gasteiger partial charge in [-0.1, -0.05) is 60.1 Å². The fourth-order valence-corrected chi connectivity index (χ4v) is 5.33. The van der Waals surface area contributed by atoms with Crippen LogP contribution >= 0.6 is 11.6 Å². The van der Waals surface area contributed by atoms with Crippen molar-refractivity contribution < 1.29 is 33.3 Å². The van der Waals surface area contributed by atoms with E-state index in [0.29, 0.717) is 37.6 Å². The molecule has 0 radical (unpaired) electrons. The van der Waals surface area contributed by atoms with E-state index in [1.54, 1.807) is 6.07 Å². The third-order valence-corrected chi connectivity index (χ3v) is 7.35. The molecule has 2 aromatic carbocycles. The monoisotopic (exact) mass is 540 g/mol. The van der Waals surface area contributed by atoms with Crippen LogP contribution in [0.4, 0.5) is 4.79 Å². The van der Waals surface area contributed by atoms with Crippen LogP contribution in [0.25, 0.3) is 0 Å². The normalized spacial score (nSPS) is 22.1. The van der Waals surface area contributed by atoms with Gasteiger partial charge < -0.3 is 18.9 Å². The molecule has 0 aliphatic carbocycles. The summed E-state index contributed by atoms with van der Waals surface area (Å²) in [4.78, 5) is 42.5. The van der Waals surface area contributed by atoms with Crippen molar-refractivity contribution >= 4 is 29.6 Å². The van der Waals surface area contributed by atoms with Gasteiger partial charge in [0.05, 0.1) is 19.3 Å². The molecule has 9 nitrogen and oxygen atoms in total. The lowest BCUT2D eigenvalue weighted by Gasteiger charge is -2.40. The Morgan fingerprint density at radius 1 is 0.921 bits per heavy atom. The van der Waals surface area contributed by atoms with Gasteiger partial charge in [-0.3, -0.25) is 4.90 Å². The number of rotatable bonds is 8. The molecular weight excluding hydrogens is 512 g/mol. The summed E-state index contributed by atoms with van der Waals surface area (Å²) in [5, 5.41) is 0.562. The summed E-state index contributed by atoms with van der Waals surface area (Å²) in [5.74, 6) is -3.69. The number of halogens is 1. The Bertz CT molecular complexity index is 1180. The summed E-state index contributed by atoms with van der Waals surface area (Å²) in [6.45, 7) is 3.46. The van der Waals surface area contributed by atoms with Crippen molar-refractivity contribution in [3.05, 3.63) is 82.9 Å². The highest BCUT2D eigenvalue weighted by Gasteiger charge is 2.64. The number of aryl methyl sites for hydroxylation is 1. The van der Waals surface area contributed by atoms with Gasteiger partial charge in [0.1, 0.15) is 0 Å². The van der Waals surface area contributed by atoms with Crippen molar-refractivity contribution in [3.63, 3.8) is 0 Å². The quantitative estimate of drug-likeness (QED) is 0.466. The molecule has 0 aromatic heterocycles. The molecule has 1 amide bonds. The molecule has 200 valence electrons. The Kier molecular flexibility index (Phi) is 7.97. The molecule has 1 spiro atoms. The molecule has 2 saturated heterocycles. The van der Waals surface area contributed by atoms with Crippen molar-refractivity contribution in [1.29, 1.82) is 0 Å². The predicted octanol–water partition coefficient (Wildman–Crippen LogP) is 3.87. The highest BCUT2D eigenvalue weighted by atomic mass is 35.5. The van der Waals surface area contributed by atoms with Gasteiger partial charge in [0.15, 0.2) is 0 Å². The first-order valence-corrected chi connectivity index (χ1v) is 13.1. The average Bonchev–Trinajstić information content (AvgIpc) is 3.07. The fraction of sp³-hybridized carbons (Fsp3) is 0.393. The smallest absolute Gasteiger partial charge is 0.417 e. The maximum absolute atomic E-state index is 13.6. The first kappa shape index (κ1) is 26.2. The van der Waals surface area contributed by atoms with Gasteiger partial charge in [0.2, 0.25) is 6.10 Å². The van der Waals surface area contributed by atoms with Crippen molar-refractivity contribution in [1.82, 2.24) is 9.80 Å². The number of esters is 2. The Balaban J connectivity index is 1.50. The first-order valence-electron chi connectivity index (χ1n) is 12.7. The number of amides is 1. The van der Waals surface area contributed by atoms with E-state index in [4.69, 9.17) is 30.5 Å². The van der Waals surface area contributed by atoms with Gasteiger partial charge >= 0.3 is 23.9 Å². The van der Waals surface area contributed by atoms with Gasteiger partial charge in [-0.2, -0.15) is 0 Å². The van der Waals surface area contributed by atoms with Crippen molar-refractivity contribution in [3.8, 4) is 0 Å². The second kappa shape index (κ2) is 11.6. The van der Waals surface area contributed by atoms with Crippen LogP contribution in [-0.2, 0) is 35.0 Å². The molecule has 2 fully saturated rings. The minimum absolute atomic E-state index is 0.206. The Hall–Kier alpha value is -3.40. The standard InChI is InChI=1S/C28H29ClN2O7/c29-22-9-5-4-6-20(22)10-11-24-28(37-25(32)12-13-26(33)38-28)31(27(34)36-24)23(21-7-2-1-3-8-21)14-15-30-16-18-35-19-17-30/h1-9,12-13,23-24H,10-11,14-19H2. The number of hydrogen-bond acceptors (Lipinski definition) is 8. The molecule has 2 aromatic rings. The van der Waals surface area contributed by atoms with Crippen LogP contribution < -0.4 is 0 Å². The van der Waals surface area contributed by atoms with Crippen LogP contribution in [-0.4, -0.2) is 72.7 Å². The Morgan fingerprint density at radius 3 is 2.26 bits per heavy atom. The van der Waals surface area contributed by atoms with Gasteiger partial charge in [-0.15, -0.1) is 0 Å². The zero-order chi connectivity index (χ0) is 26.5. The second-order valence-corrected chi connectivity index (χ2v) is 9.76. The summed E-state index contributed by atoms with van der Waals surface area (Å²) < 4.78 is 22.8. The molecule has 0 saturated carbocycles. The predicted molar refractivity (Wildman–Crippen MR) is 137 cm³/mol. The van der Waals surface area contributed by atoms with Gasteiger partial charge in [-0.25, -0.2) is 19.3 Å². The van der Waals surface area contributed by atoms with Crippen molar-refractivity contribution in [2.45, 2.75) is 37.3 Å². The molecule has 2 unspecified atom stereocenters. The Labute approximate surface area is 225 Å². The maximum Gasteiger partial charge on any atom is 0.417 e. The second-order valence-electron chi connectivity index (χ2n) is 9.35. The topological polar surface area (TPSA) is 94.6 Å². The lowest BCUT2D eigenvalue weighted by atomic mass is 9.99. The number of carbonyl (C=O) groups excluding carboxylic acids is 3. The number of hydrogen-bond donors (Lipinski definition) is 0. The van der Waals surface area contributed by atoms with E-state index in [-0.39, 0.29) is 6.42 Å². The lowest BCUT2D eigenvalue weighted by Crippen LogP contribution is -2.58. The van der Waals surface area contributed by atoms with Crippen LogP contribution in [0.15, 0.2) is 66.7 Å². The SMILES string of the molecule is O=C1C=CC(=O)OC2(O1)C(CCc1ccccc1Cl)OC(=O)N2C(CCN1CCOCC1)c1ccccc1. The van der Waals surface area contributed by atoms with Gasteiger partial charge in [-0.05, 0) is 36.5 Å². The molecule has 5 rings (SSSR count). The molecule has 10 heteroatoms. The number of nitrogens with zero attached hydrogens (tertiary/aromatic N) is 2. The van der Waals surface area contributed by atoms with Crippen molar-refractivity contribution in [2.24, 2.45) is 0 Å². The summed E-state index contributed by atoms with van der Waals surface area (Å²) in [6, 6.07) is 16.1. The van der Waals surface area contributed by atoms with Gasteiger partial charge in [0, 0.05) is 36.8 Å². The number of carbonyl (C=O) groups is 3. The first-order chi connectivity index (χ1) is 18.5. The van der Waals surface area contributed by atoms with Gasteiger partial charge in [0.25, 0.3) is 0 Å². The highest BCUT2D eigenvalue weighted by molar-refractivity contribution is 6.31.